The van der Waals surface area contributed by atoms with Crippen molar-refractivity contribution in [1.29, 1.82) is 5.26 Å². The van der Waals surface area contributed by atoms with Gasteiger partial charge in [-0.3, -0.25) is 0 Å². The molecule has 0 radical (unpaired) electrons. The minimum absolute atomic E-state index is 0.0138. The minimum Gasteiger partial charge on any atom is -0.360 e. The Morgan fingerprint density at radius 1 is 1.42 bits per heavy atom. The Morgan fingerprint density at radius 2 is 2.21 bits per heavy atom. The number of hydrogen-bond acceptors (Lipinski definition) is 5. The molecule has 0 atom stereocenters. The molecule has 1 aromatic carbocycles. The van der Waals surface area contributed by atoms with Crippen LogP contribution in [0.2, 0.25) is 0 Å². The highest BCUT2D eigenvalue weighted by atomic mass is 79.9. The van der Waals surface area contributed by atoms with E-state index >= 15 is 0 Å². The highest BCUT2D eigenvalue weighted by Gasteiger charge is 2.16. The van der Waals surface area contributed by atoms with Gasteiger partial charge in [-0.15, -0.1) is 0 Å². The number of nitrogens with zero attached hydrogens (tertiary/aromatic N) is 2. The Balaban J connectivity index is 2.20. The van der Waals surface area contributed by atoms with Crippen LogP contribution in [0.15, 0.2) is 44.4 Å². The van der Waals surface area contributed by atoms with Gasteiger partial charge in [0.1, 0.15) is 6.07 Å². The van der Waals surface area contributed by atoms with Gasteiger partial charge >= 0.3 is 0 Å². The molecule has 1 N–H and O–H groups in total. The van der Waals surface area contributed by atoms with Crippen LogP contribution in [-0.4, -0.2) is 13.6 Å². The molecule has 2 rings (SSSR count). The highest BCUT2D eigenvalue weighted by Crippen LogP contribution is 2.20. The molecule has 0 unspecified atom stereocenters. The second kappa shape index (κ2) is 5.52. The van der Waals surface area contributed by atoms with Gasteiger partial charge in [-0.2, -0.15) is 5.26 Å². The third-order valence-electron chi connectivity index (χ3n) is 2.30. The number of hydrogen-bond donors (Lipinski definition) is 1. The van der Waals surface area contributed by atoms with Crippen molar-refractivity contribution in [2.75, 3.05) is 0 Å². The first-order valence-electron chi connectivity index (χ1n) is 5.12. The van der Waals surface area contributed by atoms with E-state index in [9.17, 15) is 8.42 Å². The second-order valence-corrected chi connectivity index (χ2v) is 6.18. The summed E-state index contributed by atoms with van der Waals surface area (Å²) in [4.78, 5) is 0.0675. The molecule has 0 aliphatic rings. The normalized spacial score (nSPS) is 11.2. The first kappa shape index (κ1) is 13.7. The number of nitrogens with one attached hydrogen (secondary N) is 1. The smallest absolute Gasteiger partial charge is 0.241 e. The lowest BCUT2D eigenvalue weighted by molar-refractivity contribution is 0.380. The van der Waals surface area contributed by atoms with Gasteiger partial charge in [-0.05, 0) is 34.1 Å². The van der Waals surface area contributed by atoms with Crippen LogP contribution in [0.25, 0.3) is 0 Å². The Hall–Kier alpha value is -1.69. The number of sulfonamides is 1. The summed E-state index contributed by atoms with van der Waals surface area (Å²) in [5.74, 6) is 0.413. The average molecular weight is 342 g/mol. The molecule has 0 fully saturated rings. The van der Waals surface area contributed by atoms with E-state index in [1.807, 2.05) is 6.07 Å². The topological polar surface area (TPSA) is 96.0 Å². The zero-order valence-electron chi connectivity index (χ0n) is 9.50. The maximum Gasteiger partial charge on any atom is 0.241 e. The van der Waals surface area contributed by atoms with Crippen molar-refractivity contribution in [3.05, 3.63) is 46.3 Å². The maximum atomic E-state index is 12.0. The van der Waals surface area contributed by atoms with Gasteiger partial charge in [0.2, 0.25) is 10.0 Å². The SMILES string of the molecule is N#Cc1ccc(S(=O)(=O)NCc2ccno2)cc1Br. The zero-order chi connectivity index (χ0) is 13.9. The van der Waals surface area contributed by atoms with E-state index in [4.69, 9.17) is 9.78 Å². The molecule has 0 saturated heterocycles. The zero-order valence-corrected chi connectivity index (χ0v) is 11.9. The summed E-state index contributed by atoms with van der Waals surface area (Å²) in [5, 5.41) is 12.3. The van der Waals surface area contributed by atoms with Crippen LogP contribution in [0, 0.1) is 11.3 Å². The fourth-order valence-electron chi connectivity index (χ4n) is 1.34. The summed E-state index contributed by atoms with van der Waals surface area (Å²) < 4.78 is 31.6. The summed E-state index contributed by atoms with van der Waals surface area (Å²) in [6, 6.07) is 7.69. The molecule has 2 aromatic rings. The van der Waals surface area contributed by atoms with E-state index < -0.39 is 10.0 Å². The second-order valence-electron chi connectivity index (χ2n) is 3.56. The van der Waals surface area contributed by atoms with Gasteiger partial charge < -0.3 is 4.52 Å². The van der Waals surface area contributed by atoms with Gasteiger partial charge in [0.05, 0.1) is 23.2 Å². The first-order chi connectivity index (χ1) is 9.03. The quantitative estimate of drug-likeness (QED) is 0.914. The standard InChI is InChI=1S/C11H8BrN3O3S/c12-11-5-10(2-1-8(11)6-13)19(16,17)15-7-9-3-4-14-18-9/h1-5,15H,7H2. The van der Waals surface area contributed by atoms with Crippen molar-refractivity contribution in [3.63, 3.8) is 0 Å². The van der Waals surface area contributed by atoms with E-state index in [0.29, 0.717) is 15.8 Å². The minimum atomic E-state index is -3.66. The number of nitriles is 1. The number of halogens is 1. The third kappa shape index (κ3) is 3.20. The van der Waals surface area contributed by atoms with E-state index in [-0.39, 0.29) is 11.4 Å². The van der Waals surface area contributed by atoms with Crippen molar-refractivity contribution in [2.45, 2.75) is 11.4 Å². The van der Waals surface area contributed by atoms with E-state index in [0.717, 1.165) is 0 Å². The molecule has 6 nitrogen and oxygen atoms in total. The van der Waals surface area contributed by atoms with Crippen molar-refractivity contribution >= 4 is 26.0 Å². The van der Waals surface area contributed by atoms with Crippen molar-refractivity contribution in [3.8, 4) is 6.07 Å². The van der Waals surface area contributed by atoms with Gasteiger partial charge in [0.15, 0.2) is 5.76 Å². The molecule has 0 spiro atoms. The van der Waals surface area contributed by atoms with E-state index in [1.54, 1.807) is 6.07 Å². The van der Waals surface area contributed by atoms with E-state index in [1.165, 1.54) is 24.4 Å². The lowest BCUT2D eigenvalue weighted by Gasteiger charge is -2.06. The molecule has 0 amide bonds. The van der Waals surface area contributed by atoms with Crippen LogP contribution in [0.1, 0.15) is 11.3 Å². The predicted octanol–water partition coefficient (Wildman–Crippen LogP) is 1.79. The molecule has 8 heteroatoms. The third-order valence-corrected chi connectivity index (χ3v) is 4.35. The first-order valence-corrected chi connectivity index (χ1v) is 7.39. The van der Waals surface area contributed by atoms with Gasteiger partial charge in [0.25, 0.3) is 0 Å². The molecule has 1 heterocycles. The molecule has 0 saturated carbocycles. The average Bonchev–Trinajstić information content (AvgIpc) is 2.89. The van der Waals surface area contributed by atoms with Gasteiger partial charge in [0, 0.05) is 10.5 Å². The van der Waals surface area contributed by atoms with Crippen LogP contribution in [0.3, 0.4) is 0 Å². The van der Waals surface area contributed by atoms with Crippen molar-refractivity contribution in [1.82, 2.24) is 9.88 Å². The van der Waals surface area contributed by atoms with Crippen LogP contribution >= 0.6 is 15.9 Å². The summed E-state index contributed by atoms with van der Waals surface area (Å²) in [6.07, 6.45) is 1.43. The van der Waals surface area contributed by atoms with Crippen LogP contribution in [0.5, 0.6) is 0 Å². The number of benzene rings is 1. The summed E-state index contributed by atoms with van der Waals surface area (Å²) in [6.45, 7) is 0.0138. The summed E-state index contributed by atoms with van der Waals surface area (Å²) in [7, 11) is -3.66. The largest absolute Gasteiger partial charge is 0.360 e. The van der Waals surface area contributed by atoms with Crippen LogP contribution < -0.4 is 4.72 Å². The molecule has 0 bridgehead atoms. The predicted molar refractivity (Wildman–Crippen MR) is 69.4 cm³/mol. The fourth-order valence-corrected chi connectivity index (χ4v) is 2.97. The summed E-state index contributed by atoms with van der Waals surface area (Å²) in [5.41, 5.74) is 0.370. The van der Waals surface area contributed by atoms with Crippen molar-refractivity contribution < 1.29 is 12.9 Å². The van der Waals surface area contributed by atoms with Gasteiger partial charge in [-0.1, -0.05) is 5.16 Å². The lowest BCUT2D eigenvalue weighted by Crippen LogP contribution is -2.23. The van der Waals surface area contributed by atoms with Crippen molar-refractivity contribution in [2.24, 2.45) is 0 Å². The number of aromatic nitrogens is 1. The molecule has 98 valence electrons. The fraction of sp³-hybridized carbons (Fsp3) is 0.0909. The molecule has 19 heavy (non-hydrogen) atoms. The molecular formula is C11H8BrN3O3S. The van der Waals surface area contributed by atoms with Crippen LogP contribution in [0.4, 0.5) is 0 Å². The Bertz CT molecular complexity index is 720. The number of rotatable bonds is 4. The van der Waals surface area contributed by atoms with Gasteiger partial charge in [-0.25, -0.2) is 13.1 Å². The molecular weight excluding hydrogens is 334 g/mol. The highest BCUT2D eigenvalue weighted by molar-refractivity contribution is 9.10. The Labute approximate surface area is 118 Å². The monoisotopic (exact) mass is 341 g/mol. The van der Waals surface area contributed by atoms with Crippen LogP contribution in [-0.2, 0) is 16.6 Å². The molecule has 0 aliphatic carbocycles. The lowest BCUT2D eigenvalue weighted by atomic mass is 10.2. The molecule has 1 aromatic heterocycles. The Morgan fingerprint density at radius 3 is 2.79 bits per heavy atom. The molecule has 0 aliphatic heterocycles. The summed E-state index contributed by atoms with van der Waals surface area (Å²) >= 11 is 3.15. The Kier molecular flexibility index (Phi) is 3.99. The van der Waals surface area contributed by atoms with E-state index in [2.05, 4.69) is 25.8 Å². The maximum absolute atomic E-state index is 12.0.